The fraction of sp³-hybridized carbons (Fsp3) is 0.490. The molecule has 2 saturated heterocycles. The number of nitrogens with zero attached hydrogens (tertiary/aromatic N) is 2. The molecule has 0 bridgehead atoms. The van der Waals surface area contributed by atoms with E-state index in [1.54, 1.807) is 9.80 Å². The van der Waals surface area contributed by atoms with Crippen molar-refractivity contribution in [2.75, 3.05) is 37.9 Å². The Bertz CT molecular complexity index is 2230. The molecule has 4 N–H and O–H groups in total. The molecule has 3 aliphatic rings. The van der Waals surface area contributed by atoms with E-state index in [1.807, 2.05) is 64.1 Å². The summed E-state index contributed by atoms with van der Waals surface area (Å²) >= 11 is 0. The zero-order valence-corrected chi connectivity index (χ0v) is 39.2. The molecule has 65 heavy (non-hydrogen) atoms. The first kappa shape index (κ1) is 48.3. The molecular formula is C51H66N6O8. The first-order valence-corrected chi connectivity index (χ1v) is 22.8. The van der Waals surface area contributed by atoms with Crippen LogP contribution in [0.25, 0.3) is 5.57 Å². The van der Waals surface area contributed by atoms with Gasteiger partial charge in [-0.3, -0.25) is 19.2 Å². The van der Waals surface area contributed by atoms with Crippen LogP contribution < -0.4 is 21.3 Å². The topological polar surface area (TPSA) is 175 Å². The second-order valence-electron chi connectivity index (χ2n) is 19.1. The lowest BCUT2D eigenvalue weighted by atomic mass is 9.77. The SMILES string of the molecule is COC(=O)N[C@H](C(=O)N1CCC[C@H]1C(=O)Nc1ccc(C2=CCC(c3ccc(NC(=O)[C@@H]4CCCN4C(=O)[C@@H](NC(=O)OC)C(C)C)cc3)C2c2ccc(C(C)(C)C)cc2)cc1)C(C)C. The molecule has 6 rings (SSSR count). The highest BCUT2D eigenvalue weighted by molar-refractivity contribution is 6.00. The number of carbonyl (C=O) groups is 6. The number of carbonyl (C=O) groups excluding carboxylic acids is 6. The van der Waals surface area contributed by atoms with Crippen LogP contribution in [0.4, 0.5) is 21.0 Å². The minimum atomic E-state index is -0.815. The molecule has 14 heteroatoms. The Hall–Kier alpha value is -6.18. The zero-order chi connectivity index (χ0) is 47.2. The van der Waals surface area contributed by atoms with Gasteiger partial charge in [0.05, 0.1) is 14.2 Å². The third-order valence-electron chi connectivity index (χ3n) is 13.0. The maximum Gasteiger partial charge on any atom is 0.407 e. The Labute approximate surface area is 383 Å². The summed E-state index contributed by atoms with van der Waals surface area (Å²) in [7, 11) is 2.50. The van der Waals surface area contributed by atoms with Crippen molar-refractivity contribution in [1.82, 2.24) is 20.4 Å². The molecular weight excluding hydrogens is 825 g/mol. The number of likely N-dealkylation sites (tertiary alicyclic amines) is 2. The predicted molar refractivity (Wildman–Crippen MR) is 251 cm³/mol. The molecule has 3 aromatic rings. The smallest absolute Gasteiger partial charge is 0.407 e. The van der Waals surface area contributed by atoms with Crippen LogP contribution in [0, 0.1) is 11.8 Å². The average molecular weight is 891 g/mol. The molecule has 6 amide bonds. The molecule has 0 saturated carbocycles. The molecule has 6 atom stereocenters. The maximum absolute atomic E-state index is 13.7. The second-order valence-corrected chi connectivity index (χ2v) is 19.1. The number of alkyl carbamates (subject to hydrolysis) is 2. The van der Waals surface area contributed by atoms with Crippen molar-refractivity contribution in [1.29, 1.82) is 0 Å². The molecule has 2 fully saturated rings. The fourth-order valence-electron chi connectivity index (χ4n) is 9.34. The van der Waals surface area contributed by atoms with Gasteiger partial charge in [-0.1, -0.05) is 103 Å². The van der Waals surface area contributed by atoms with Gasteiger partial charge in [-0.25, -0.2) is 9.59 Å². The lowest BCUT2D eigenvalue weighted by Gasteiger charge is -2.30. The molecule has 2 aliphatic heterocycles. The van der Waals surface area contributed by atoms with Crippen molar-refractivity contribution in [3.63, 3.8) is 0 Å². The first-order chi connectivity index (χ1) is 30.9. The van der Waals surface area contributed by atoms with Crippen LogP contribution in [0.1, 0.15) is 115 Å². The predicted octanol–water partition coefficient (Wildman–Crippen LogP) is 7.96. The summed E-state index contributed by atoms with van der Waals surface area (Å²) in [5, 5.41) is 11.3. The van der Waals surface area contributed by atoms with Crippen molar-refractivity contribution >= 4 is 52.8 Å². The summed E-state index contributed by atoms with van der Waals surface area (Å²) in [6, 6.07) is 21.7. The number of nitrogens with one attached hydrogen (secondary N) is 4. The van der Waals surface area contributed by atoms with Gasteiger partial charge in [-0.15, -0.1) is 0 Å². The van der Waals surface area contributed by atoms with Crippen molar-refractivity contribution in [2.24, 2.45) is 11.8 Å². The van der Waals surface area contributed by atoms with Crippen LogP contribution in [-0.2, 0) is 34.1 Å². The third kappa shape index (κ3) is 11.2. The summed E-state index contributed by atoms with van der Waals surface area (Å²) in [5.74, 6) is -1.45. The standard InChI is InChI=1S/C51H66N6O8/c1-30(2)43(54-49(62)64-8)47(60)56-28-10-12-40(56)45(58)52-36-22-16-32(17-23-36)38-26-27-39(42(38)34-14-20-35(21-15-34)51(5,6)7)33-18-24-37(25-19-33)53-46(59)41-13-11-29-57(41)48(61)44(31(3)4)55-50(63)65-9/h14-26,30-31,39-44H,10-13,27-29H2,1-9H3,(H,52,58)(H,53,59)(H,54,62)(H,55,63)/t39?,40-,41-,42?,43-,44-/m0/s1. The molecule has 0 radical (unpaired) electrons. The zero-order valence-electron chi connectivity index (χ0n) is 39.2. The van der Waals surface area contributed by atoms with E-state index in [0.717, 1.165) is 17.5 Å². The fourth-order valence-corrected chi connectivity index (χ4v) is 9.34. The average Bonchev–Trinajstić information content (AvgIpc) is 4.08. The molecule has 1 aliphatic carbocycles. The number of allylic oxidation sites excluding steroid dienone is 2. The van der Waals surface area contributed by atoms with Crippen LogP contribution >= 0.6 is 0 Å². The minimum Gasteiger partial charge on any atom is -0.453 e. The normalized spacial score (nSPS) is 20.5. The number of benzene rings is 3. The second kappa shape index (κ2) is 20.8. The van der Waals surface area contributed by atoms with E-state index in [1.165, 1.54) is 30.9 Å². The summed E-state index contributed by atoms with van der Waals surface area (Å²) in [6.07, 6.45) is 4.09. The van der Waals surface area contributed by atoms with E-state index in [-0.39, 0.29) is 52.7 Å². The van der Waals surface area contributed by atoms with Crippen LogP contribution in [0.3, 0.4) is 0 Å². The number of anilines is 2. The van der Waals surface area contributed by atoms with Crippen molar-refractivity contribution in [3.05, 3.63) is 101 Å². The summed E-state index contributed by atoms with van der Waals surface area (Å²) < 4.78 is 9.48. The first-order valence-electron chi connectivity index (χ1n) is 22.8. The maximum atomic E-state index is 13.7. The summed E-state index contributed by atoms with van der Waals surface area (Å²) in [4.78, 5) is 81.6. The van der Waals surface area contributed by atoms with E-state index in [2.05, 4.69) is 84.5 Å². The highest BCUT2D eigenvalue weighted by Gasteiger charge is 2.41. The van der Waals surface area contributed by atoms with Gasteiger partial charge in [0.25, 0.3) is 0 Å². The third-order valence-corrected chi connectivity index (χ3v) is 13.0. The van der Waals surface area contributed by atoms with Gasteiger partial charge in [0, 0.05) is 30.4 Å². The highest BCUT2D eigenvalue weighted by Crippen LogP contribution is 2.50. The van der Waals surface area contributed by atoms with Gasteiger partial charge in [-0.05, 0) is 107 Å². The number of amides is 6. The van der Waals surface area contributed by atoms with E-state index >= 15 is 0 Å². The Morgan fingerprint density at radius 2 is 1.05 bits per heavy atom. The van der Waals surface area contributed by atoms with E-state index in [0.29, 0.717) is 50.1 Å². The van der Waals surface area contributed by atoms with Crippen LogP contribution in [0.2, 0.25) is 0 Å². The van der Waals surface area contributed by atoms with Gasteiger partial charge in [-0.2, -0.15) is 0 Å². The number of hydrogen-bond donors (Lipinski definition) is 4. The number of hydrogen-bond acceptors (Lipinski definition) is 8. The van der Waals surface area contributed by atoms with Crippen LogP contribution in [0.5, 0.6) is 0 Å². The largest absolute Gasteiger partial charge is 0.453 e. The molecule has 14 nitrogen and oxygen atoms in total. The number of methoxy groups -OCH3 is 2. The Morgan fingerprint density at radius 3 is 1.46 bits per heavy atom. The summed E-state index contributed by atoms with van der Waals surface area (Å²) in [5.41, 5.74) is 6.98. The molecule has 3 aromatic carbocycles. The van der Waals surface area contributed by atoms with Gasteiger partial charge in [0.1, 0.15) is 24.2 Å². The molecule has 2 unspecified atom stereocenters. The molecule has 348 valence electrons. The molecule has 0 spiro atoms. The van der Waals surface area contributed by atoms with Crippen LogP contribution in [0.15, 0.2) is 78.9 Å². The van der Waals surface area contributed by atoms with Gasteiger partial charge >= 0.3 is 12.2 Å². The molecule has 0 aromatic heterocycles. The Balaban J connectivity index is 1.17. The number of ether oxygens (including phenoxy) is 2. The summed E-state index contributed by atoms with van der Waals surface area (Å²) in [6.45, 7) is 14.8. The Kier molecular flexibility index (Phi) is 15.4. The number of rotatable bonds is 13. The van der Waals surface area contributed by atoms with Crippen molar-refractivity contribution < 1.29 is 38.2 Å². The van der Waals surface area contributed by atoms with E-state index in [9.17, 15) is 28.8 Å². The van der Waals surface area contributed by atoms with Crippen LogP contribution in [-0.4, -0.2) is 97.1 Å². The minimum absolute atomic E-state index is 0.00932. The lowest BCUT2D eigenvalue weighted by Crippen LogP contribution is -2.54. The van der Waals surface area contributed by atoms with Crippen molar-refractivity contribution in [3.8, 4) is 0 Å². The lowest BCUT2D eigenvalue weighted by molar-refractivity contribution is -0.139. The highest BCUT2D eigenvalue weighted by atomic mass is 16.5. The quantitative estimate of drug-likeness (QED) is 0.134. The molecule has 2 heterocycles. The van der Waals surface area contributed by atoms with Gasteiger partial charge in [0.15, 0.2) is 0 Å². The van der Waals surface area contributed by atoms with Crippen molar-refractivity contribution in [2.45, 2.75) is 122 Å². The van der Waals surface area contributed by atoms with Gasteiger partial charge < -0.3 is 40.5 Å². The van der Waals surface area contributed by atoms with Gasteiger partial charge in [0.2, 0.25) is 23.6 Å². The van der Waals surface area contributed by atoms with E-state index < -0.39 is 36.4 Å². The monoisotopic (exact) mass is 890 g/mol. The van der Waals surface area contributed by atoms with E-state index in [4.69, 9.17) is 9.47 Å². The Morgan fingerprint density at radius 1 is 0.615 bits per heavy atom.